The minimum atomic E-state index is -4.81. The predicted octanol–water partition coefficient (Wildman–Crippen LogP) is 5.27. The third-order valence-electron chi connectivity index (χ3n) is 2.61. The normalized spacial score (nSPS) is 12.3. The van der Waals surface area contributed by atoms with Crippen LogP contribution < -0.4 is 4.74 Å². The van der Waals surface area contributed by atoms with E-state index in [-0.39, 0.29) is 5.56 Å². The van der Waals surface area contributed by atoms with Gasteiger partial charge in [0.1, 0.15) is 5.75 Å². The van der Waals surface area contributed by atoms with Gasteiger partial charge in [0, 0.05) is 0 Å². The lowest BCUT2D eigenvalue weighted by Gasteiger charge is -2.11. The molecular formula is C14H8F6O. The molecule has 0 aliphatic heterocycles. The maximum Gasteiger partial charge on any atom is 0.573 e. The Morgan fingerprint density at radius 2 is 1.33 bits per heavy atom. The molecule has 2 aromatic rings. The lowest BCUT2D eigenvalue weighted by molar-refractivity contribution is -0.274. The van der Waals surface area contributed by atoms with Crippen molar-refractivity contribution in [3.05, 3.63) is 54.1 Å². The van der Waals surface area contributed by atoms with Gasteiger partial charge in [-0.15, -0.1) is 13.2 Å². The van der Waals surface area contributed by atoms with E-state index in [9.17, 15) is 26.3 Å². The van der Waals surface area contributed by atoms with Crippen molar-refractivity contribution in [2.75, 3.05) is 0 Å². The molecule has 112 valence electrons. The highest BCUT2D eigenvalue weighted by Crippen LogP contribution is 2.33. The third-order valence-corrected chi connectivity index (χ3v) is 2.61. The van der Waals surface area contributed by atoms with Gasteiger partial charge in [0.15, 0.2) is 0 Å². The van der Waals surface area contributed by atoms with Crippen molar-refractivity contribution in [2.24, 2.45) is 0 Å². The number of halogens is 6. The van der Waals surface area contributed by atoms with Gasteiger partial charge in [-0.2, -0.15) is 13.2 Å². The first-order valence-corrected chi connectivity index (χ1v) is 5.68. The summed E-state index contributed by atoms with van der Waals surface area (Å²) in [6.45, 7) is 0. The number of rotatable bonds is 2. The number of alkyl halides is 6. The molecule has 0 aliphatic carbocycles. The molecule has 0 radical (unpaired) electrons. The van der Waals surface area contributed by atoms with Crippen molar-refractivity contribution in [1.29, 1.82) is 0 Å². The lowest BCUT2D eigenvalue weighted by Crippen LogP contribution is -2.16. The minimum absolute atomic E-state index is 0.253. The van der Waals surface area contributed by atoms with Gasteiger partial charge in [-0.25, -0.2) is 0 Å². The number of hydrogen-bond acceptors (Lipinski definition) is 1. The molecule has 21 heavy (non-hydrogen) atoms. The second-order valence-electron chi connectivity index (χ2n) is 4.15. The number of benzene rings is 2. The number of hydrogen-bond donors (Lipinski definition) is 0. The van der Waals surface area contributed by atoms with Crippen LogP contribution in [0, 0.1) is 0 Å². The predicted molar refractivity (Wildman–Crippen MR) is 63.6 cm³/mol. The Balaban J connectivity index is 2.27. The molecule has 0 fully saturated rings. The molecule has 2 rings (SSSR count). The molecule has 0 unspecified atom stereocenters. The Bertz CT molecular complexity index is 613. The summed E-state index contributed by atoms with van der Waals surface area (Å²) in [7, 11) is 0. The lowest BCUT2D eigenvalue weighted by atomic mass is 10.0. The molecule has 2 aromatic carbocycles. The zero-order chi connectivity index (χ0) is 15.7. The highest BCUT2D eigenvalue weighted by Gasteiger charge is 2.31. The van der Waals surface area contributed by atoms with Crippen LogP contribution in [0.3, 0.4) is 0 Å². The van der Waals surface area contributed by atoms with Gasteiger partial charge in [0.05, 0.1) is 5.56 Å². The molecule has 0 spiro atoms. The van der Waals surface area contributed by atoms with Crippen LogP contribution in [-0.4, -0.2) is 6.36 Å². The molecule has 0 bridgehead atoms. The second-order valence-corrected chi connectivity index (χ2v) is 4.15. The van der Waals surface area contributed by atoms with Crippen molar-refractivity contribution in [2.45, 2.75) is 12.5 Å². The van der Waals surface area contributed by atoms with Gasteiger partial charge < -0.3 is 4.74 Å². The standard InChI is InChI=1S/C14H8F6O/c15-13(16,17)11-3-1-2-10(8-11)9-4-6-12(7-5-9)21-14(18,19)20/h1-8H. The van der Waals surface area contributed by atoms with E-state index < -0.39 is 23.9 Å². The van der Waals surface area contributed by atoms with E-state index in [1.54, 1.807) is 0 Å². The van der Waals surface area contributed by atoms with Crippen molar-refractivity contribution in [1.82, 2.24) is 0 Å². The molecule has 0 atom stereocenters. The Hall–Kier alpha value is -2.18. The summed E-state index contributed by atoms with van der Waals surface area (Å²) in [6.07, 6.45) is -9.28. The fraction of sp³-hybridized carbons (Fsp3) is 0.143. The highest BCUT2D eigenvalue weighted by molar-refractivity contribution is 5.65. The van der Waals surface area contributed by atoms with Crippen molar-refractivity contribution >= 4 is 0 Å². The highest BCUT2D eigenvalue weighted by atomic mass is 19.4. The summed E-state index contributed by atoms with van der Waals surface area (Å²) >= 11 is 0. The molecule has 0 heterocycles. The largest absolute Gasteiger partial charge is 0.573 e. The van der Waals surface area contributed by atoms with Crippen LogP contribution >= 0.6 is 0 Å². The molecule has 0 N–H and O–H groups in total. The van der Waals surface area contributed by atoms with E-state index in [0.717, 1.165) is 24.3 Å². The Kier molecular flexibility index (Phi) is 3.85. The molecule has 1 nitrogen and oxygen atoms in total. The summed E-state index contributed by atoms with van der Waals surface area (Å²) in [4.78, 5) is 0. The molecule has 7 heteroatoms. The zero-order valence-corrected chi connectivity index (χ0v) is 10.3. The monoisotopic (exact) mass is 306 g/mol. The van der Waals surface area contributed by atoms with Gasteiger partial charge in [-0.3, -0.25) is 0 Å². The van der Waals surface area contributed by atoms with Crippen molar-refractivity contribution in [3.8, 4) is 16.9 Å². The average Bonchev–Trinajstić information content (AvgIpc) is 2.37. The summed E-state index contributed by atoms with van der Waals surface area (Å²) in [6, 6.07) is 9.14. The van der Waals surface area contributed by atoms with E-state index in [1.807, 2.05) is 0 Å². The molecule has 0 saturated carbocycles. The molecular weight excluding hydrogens is 298 g/mol. The topological polar surface area (TPSA) is 9.23 Å². The van der Waals surface area contributed by atoms with E-state index in [4.69, 9.17) is 0 Å². The SMILES string of the molecule is FC(F)(F)Oc1ccc(-c2cccc(C(F)(F)F)c2)cc1. The molecule has 0 saturated heterocycles. The van der Waals surface area contributed by atoms with E-state index >= 15 is 0 Å². The van der Waals surface area contributed by atoms with Gasteiger partial charge in [0.25, 0.3) is 0 Å². The first kappa shape index (κ1) is 15.2. The van der Waals surface area contributed by atoms with Crippen LogP contribution in [0.15, 0.2) is 48.5 Å². The van der Waals surface area contributed by atoms with Crippen molar-refractivity contribution < 1.29 is 31.1 Å². The van der Waals surface area contributed by atoms with Crippen molar-refractivity contribution in [3.63, 3.8) is 0 Å². The molecule has 0 aliphatic rings. The Morgan fingerprint density at radius 3 is 1.86 bits per heavy atom. The van der Waals surface area contributed by atoms with E-state index in [2.05, 4.69) is 4.74 Å². The summed E-state index contributed by atoms with van der Waals surface area (Å²) in [5, 5.41) is 0. The second kappa shape index (κ2) is 5.31. The average molecular weight is 306 g/mol. The van der Waals surface area contributed by atoms with E-state index in [1.165, 1.54) is 24.3 Å². The third kappa shape index (κ3) is 4.14. The summed E-state index contributed by atoms with van der Waals surface area (Å²) in [5.74, 6) is -0.432. The fourth-order valence-corrected chi connectivity index (χ4v) is 1.72. The first-order valence-electron chi connectivity index (χ1n) is 5.68. The smallest absolute Gasteiger partial charge is 0.406 e. The fourth-order valence-electron chi connectivity index (χ4n) is 1.72. The quantitative estimate of drug-likeness (QED) is 0.687. The number of ether oxygens (including phenoxy) is 1. The van der Waals surface area contributed by atoms with Crippen LogP contribution in [0.5, 0.6) is 5.75 Å². The maximum absolute atomic E-state index is 12.6. The molecule has 0 aromatic heterocycles. The van der Waals surface area contributed by atoms with Gasteiger partial charge in [-0.05, 0) is 35.4 Å². The van der Waals surface area contributed by atoms with Crippen LogP contribution in [-0.2, 0) is 6.18 Å². The van der Waals surface area contributed by atoms with Gasteiger partial charge >= 0.3 is 12.5 Å². The Morgan fingerprint density at radius 1 is 0.714 bits per heavy atom. The molecule has 0 amide bonds. The van der Waals surface area contributed by atoms with Gasteiger partial charge in [0.2, 0.25) is 0 Å². The Labute approximate surface area is 115 Å². The maximum atomic E-state index is 12.6. The summed E-state index contributed by atoms with van der Waals surface area (Å²) in [5.41, 5.74) is -0.213. The van der Waals surface area contributed by atoms with Crippen LogP contribution in [0.25, 0.3) is 11.1 Å². The van der Waals surface area contributed by atoms with E-state index in [0.29, 0.717) is 5.56 Å². The minimum Gasteiger partial charge on any atom is -0.406 e. The van der Waals surface area contributed by atoms with Gasteiger partial charge in [-0.1, -0.05) is 24.3 Å². The van der Waals surface area contributed by atoms with Crippen LogP contribution in [0.4, 0.5) is 26.3 Å². The zero-order valence-electron chi connectivity index (χ0n) is 10.3. The first-order chi connectivity index (χ1) is 9.65. The van der Waals surface area contributed by atoms with Crippen LogP contribution in [0.1, 0.15) is 5.56 Å². The van der Waals surface area contributed by atoms with Crippen LogP contribution in [0.2, 0.25) is 0 Å². The summed E-state index contributed by atoms with van der Waals surface area (Å²) < 4.78 is 77.5.